The van der Waals surface area contributed by atoms with Crippen LogP contribution in [0.15, 0.2) is 18.2 Å². The molecule has 1 aliphatic rings. The number of hydrogen-bond donors (Lipinski definition) is 1. The van der Waals surface area contributed by atoms with Crippen LogP contribution in [0.2, 0.25) is 0 Å². The number of piperazine rings is 1. The van der Waals surface area contributed by atoms with Gasteiger partial charge >= 0.3 is 0 Å². The summed E-state index contributed by atoms with van der Waals surface area (Å²) in [4.78, 5) is 38.9. The number of nitrogens with zero attached hydrogens (tertiary/aromatic N) is 3. The quantitative estimate of drug-likeness (QED) is 0.639. The number of carbonyl (C=O) groups is 2. The van der Waals surface area contributed by atoms with Crippen molar-refractivity contribution in [1.29, 1.82) is 0 Å². The van der Waals surface area contributed by atoms with Crippen LogP contribution in [0.1, 0.15) is 38.1 Å². The Bertz CT molecular complexity index is 694. The van der Waals surface area contributed by atoms with E-state index >= 15 is 0 Å². The molecule has 8 heteroatoms. The monoisotopic (exact) mass is 362 g/mol. The lowest BCUT2D eigenvalue weighted by molar-refractivity contribution is -0.384. The molecule has 2 rings (SSSR count). The molecule has 1 heterocycles. The first-order valence-corrected chi connectivity index (χ1v) is 8.83. The van der Waals surface area contributed by atoms with Gasteiger partial charge < -0.3 is 15.1 Å². The van der Waals surface area contributed by atoms with Crippen LogP contribution in [0.3, 0.4) is 0 Å². The molecule has 1 fully saturated rings. The molecular weight excluding hydrogens is 336 g/mol. The predicted octanol–water partition coefficient (Wildman–Crippen LogP) is 2.04. The maximum absolute atomic E-state index is 12.1. The van der Waals surface area contributed by atoms with E-state index in [1.807, 2.05) is 32.6 Å². The third-order valence-electron chi connectivity index (χ3n) is 4.28. The molecule has 0 atom stereocenters. The molecule has 26 heavy (non-hydrogen) atoms. The fourth-order valence-corrected chi connectivity index (χ4v) is 2.96. The lowest BCUT2D eigenvalue weighted by Crippen LogP contribution is -2.50. The summed E-state index contributed by atoms with van der Waals surface area (Å²) in [6.45, 7) is 9.50. The van der Waals surface area contributed by atoms with E-state index in [2.05, 4.69) is 5.32 Å². The van der Waals surface area contributed by atoms with E-state index in [4.69, 9.17) is 0 Å². The Kier molecular flexibility index (Phi) is 6.18. The van der Waals surface area contributed by atoms with E-state index < -0.39 is 4.92 Å². The van der Waals surface area contributed by atoms with Crippen molar-refractivity contribution in [3.63, 3.8) is 0 Å². The fourth-order valence-electron chi connectivity index (χ4n) is 2.96. The molecule has 0 aromatic heterocycles. The third-order valence-corrected chi connectivity index (χ3v) is 4.28. The summed E-state index contributed by atoms with van der Waals surface area (Å²) in [6, 6.07) is 4.49. The van der Waals surface area contributed by atoms with Gasteiger partial charge in [0.15, 0.2) is 0 Å². The number of carbonyl (C=O) groups excluding carboxylic acids is 2. The highest BCUT2D eigenvalue weighted by Gasteiger charge is 2.27. The molecule has 1 N–H and O–H groups in total. The Hall–Kier alpha value is -2.64. The number of nitrogens with one attached hydrogen (secondary N) is 1. The highest BCUT2D eigenvalue weighted by atomic mass is 16.6. The molecule has 142 valence electrons. The van der Waals surface area contributed by atoms with Crippen LogP contribution in [0.25, 0.3) is 0 Å². The van der Waals surface area contributed by atoms with E-state index in [-0.39, 0.29) is 35.0 Å². The molecule has 0 aliphatic carbocycles. The van der Waals surface area contributed by atoms with Crippen LogP contribution < -0.4 is 10.2 Å². The molecule has 1 aromatic rings. The van der Waals surface area contributed by atoms with Crippen molar-refractivity contribution in [2.45, 2.75) is 33.7 Å². The minimum Gasteiger partial charge on any atom is -0.362 e. The molecule has 2 amide bonds. The fraction of sp³-hybridized carbons (Fsp3) is 0.556. The van der Waals surface area contributed by atoms with Crippen LogP contribution in [0, 0.1) is 16.0 Å². The van der Waals surface area contributed by atoms with Crippen LogP contribution in [0.5, 0.6) is 0 Å². The summed E-state index contributed by atoms with van der Waals surface area (Å²) in [5, 5.41) is 14.2. The zero-order valence-electron chi connectivity index (χ0n) is 15.7. The molecule has 0 spiro atoms. The summed E-state index contributed by atoms with van der Waals surface area (Å²) in [7, 11) is 0. The summed E-state index contributed by atoms with van der Waals surface area (Å²) >= 11 is 0. The van der Waals surface area contributed by atoms with Gasteiger partial charge in [0.25, 0.3) is 11.6 Å². The third kappa shape index (κ3) is 4.50. The van der Waals surface area contributed by atoms with E-state index in [1.54, 1.807) is 17.0 Å². The maximum atomic E-state index is 12.1. The zero-order valence-corrected chi connectivity index (χ0v) is 15.7. The Morgan fingerprint density at radius 1 is 1.12 bits per heavy atom. The maximum Gasteiger partial charge on any atom is 0.293 e. The number of rotatable bonds is 5. The summed E-state index contributed by atoms with van der Waals surface area (Å²) < 4.78 is 0. The molecule has 1 saturated heterocycles. The largest absolute Gasteiger partial charge is 0.362 e. The van der Waals surface area contributed by atoms with E-state index in [9.17, 15) is 19.7 Å². The van der Waals surface area contributed by atoms with Crippen molar-refractivity contribution in [2.75, 3.05) is 31.1 Å². The molecular formula is C18H26N4O4. The van der Waals surface area contributed by atoms with Gasteiger partial charge in [-0.1, -0.05) is 13.8 Å². The molecule has 0 saturated carbocycles. The second-order valence-corrected chi connectivity index (χ2v) is 7.06. The Morgan fingerprint density at radius 2 is 1.73 bits per heavy atom. The van der Waals surface area contributed by atoms with Crippen LogP contribution in [0.4, 0.5) is 11.4 Å². The molecule has 0 radical (unpaired) electrons. The summed E-state index contributed by atoms with van der Waals surface area (Å²) in [6.07, 6.45) is 0. The first-order valence-electron chi connectivity index (χ1n) is 8.83. The topological polar surface area (TPSA) is 95.8 Å². The highest BCUT2D eigenvalue weighted by molar-refractivity contribution is 5.96. The number of nitro benzene ring substituents is 1. The standard InChI is InChI=1S/C18H26N4O4/c1-12(2)18(24)21-9-7-20(8-10-21)15-6-5-14(11-16(15)22(25)26)17(23)19-13(3)4/h5-6,11-13H,7-10H2,1-4H3,(H,19,23). The minimum atomic E-state index is -0.465. The van der Waals surface area contributed by atoms with Gasteiger partial charge in [-0.2, -0.15) is 0 Å². The van der Waals surface area contributed by atoms with Gasteiger partial charge in [0.1, 0.15) is 5.69 Å². The van der Waals surface area contributed by atoms with Gasteiger partial charge in [-0.15, -0.1) is 0 Å². The minimum absolute atomic E-state index is 0.0483. The summed E-state index contributed by atoms with van der Waals surface area (Å²) in [5.74, 6) is -0.295. The van der Waals surface area contributed by atoms with Crippen molar-refractivity contribution in [1.82, 2.24) is 10.2 Å². The van der Waals surface area contributed by atoms with Crippen molar-refractivity contribution < 1.29 is 14.5 Å². The van der Waals surface area contributed by atoms with Crippen LogP contribution in [-0.4, -0.2) is 53.9 Å². The Labute approximate surface area is 153 Å². The summed E-state index contributed by atoms with van der Waals surface area (Å²) in [5.41, 5.74) is 0.653. The molecule has 1 aromatic carbocycles. The zero-order chi connectivity index (χ0) is 19.4. The normalized spacial score (nSPS) is 14.7. The van der Waals surface area contributed by atoms with Gasteiger partial charge in [-0.3, -0.25) is 19.7 Å². The lowest BCUT2D eigenvalue weighted by atomic mass is 10.1. The molecule has 8 nitrogen and oxygen atoms in total. The Balaban J connectivity index is 2.18. The lowest BCUT2D eigenvalue weighted by Gasteiger charge is -2.36. The van der Waals surface area contributed by atoms with Crippen LogP contribution >= 0.6 is 0 Å². The molecule has 0 unspecified atom stereocenters. The van der Waals surface area contributed by atoms with Gasteiger partial charge in [0.05, 0.1) is 4.92 Å². The van der Waals surface area contributed by atoms with Crippen molar-refractivity contribution in [3.05, 3.63) is 33.9 Å². The van der Waals surface area contributed by atoms with E-state index in [1.165, 1.54) is 6.07 Å². The first kappa shape index (κ1) is 19.7. The average Bonchev–Trinajstić information content (AvgIpc) is 2.60. The Morgan fingerprint density at radius 3 is 2.23 bits per heavy atom. The smallest absolute Gasteiger partial charge is 0.293 e. The van der Waals surface area contributed by atoms with Crippen molar-refractivity contribution in [2.24, 2.45) is 5.92 Å². The molecule has 1 aliphatic heterocycles. The van der Waals surface area contributed by atoms with Crippen molar-refractivity contribution in [3.8, 4) is 0 Å². The number of benzene rings is 1. The number of anilines is 1. The van der Waals surface area contributed by atoms with E-state index in [0.29, 0.717) is 31.9 Å². The number of amides is 2. The number of nitro groups is 1. The second-order valence-electron chi connectivity index (χ2n) is 7.06. The van der Waals surface area contributed by atoms with Gasteiger partial charge in [-0.25, -0.2) is 0 Å². The first-order chi connectivity index (χ1) is 12.2. The molecule has 0 bridgehead atoms. The van der Waals surface area contributed by atoms with Crippen molar-refractivity contribution >= 4 is 23.2 Å². The number of hydrogen-bond acceptors (Lipinski definition) is 5. The second kappa shape index (κ2) is 8.16. The predicted molar refractivity (Wildman–Crippen MR) is 99.3 cm³/mol. The highest BCUT2D eigenvalue weighted by Crippen LogP contribution is 2.30. The van der Waals surface area contributed by atoms with Gasteiger partial charge in [0, 0.05) is 49.8 Å². The average molecular weight is 362 g/mol. The van der Waals surface area contributed by atoms with Crippen LogP contribution in [-0.2, 0) is 4.79 Å². The van der Waals surface area contributed by atoms with Gasteiger partial charge in [0.2, 0.25) is 5.91 Å². The van der Waals surface area contributed by atoms with Gasteiger partial charge in [-0.05, 0) is 26.0 Å². The van der Waals surface area contributed by atoms with E-state index in [0.717, 1.165) is 0 Å². The SMILES string of the molecule is CC(C)NC(=O)c1ccc(N2CCN(C(=O)C(C)C)CC2)c([N+](=O)[O-])c1.